The molecule has 0 atom stereocenters. The molecule has 2 nitrogen and oxygen atoms in total. The molecule has 0 spiro atoms. The van der Waals surface area contributed by atoms with Crippen molar-refractivity contribution >= 4 is 0 Å². The molecule has 2 N–H and O–H groups in total. The summed E-state index contributed by atoms with van der Waals surface area (Å²) in [5, 5.41) is 21.8. The van der Waals surface area contributed by atoms with Gasteiger partial charge in [0.15, 0.2) is 0 Å². The van der Waals surface area contributed by atoms with Crippen LogP contribution in [0.2, 0.25) is 0 Å². The maximum absolute atomic E-state index is 11.3. The van der Waals surface area contributed by atoms with Crippen LogP contribution < -0.4 is 0 Å². The zero-order valence-corrected chi connectivity index (χ0v) is 17.0. The Bertz CT molecular complexity index is 767. The number of aromatic hydroxyl groups is 2. The van der Waals surface area contributed by atoms with Crippen LogP contribution in [0.3, 0.4) is 0 Å². The predicted molar refractivity (Wildman–Crippen MR) is 109 cm³/mol. The fourth-order valence-corrected chi connectivity index (χ4v) is 10.4. The number of hydrogen-bond acceptors (Lipinski definition) is 2. The molecule has 0 unspecified atom stereocenters. The molecule has 1 aromatic rings. The van der Waals surface area contributed by atoms with Crippen molar-refractivity contribution in [1.29, 1.82) is 0 Å². The Morgan fingerprint density at radius 2 is 0.964 bits per heavy atom. The molecule has 150 valence electrons. The Morgan fingerprint density at radius 3 is 1.39 bits per heavy atom. The minimum atomic E-state index is 0.200. The summed E-state index contributed by atoms with van der Waals surface area (Å²) in [4.78, 5) is 0. The second-order valence-corrected chi connectivity index (χ2v) is 12.3. The molecule has 0 saturated heterocycles. The lowest BCUT2D eigenvalue weighted by Gasteiger charge is -2.60. The minimum Gasteiger partial charge on any atom is -0.508 e. The SMILES string of the molecule is Oc1cc(O)c(C23CC4CC(CC(C4)C2)C3)c(C23CC4CC(CC(C4)C2)C3)c1. The summed E-state index contributed by atoms with van der Waals surface area (Å²) in [6, 6.07) is 3.78. The molecule has 0 heterocycles. The van der Waals surface area contributed by atoms with E-state index in [0.717, 1.165) is 35.5 Å². The van der Waals surface area contributed by atoms with Crippen LogP contribution in [0.5, 0.6) is 11.5 Å². The first-order valence-corrected chi connectivity index (χ1v) is 12.1. The summed E-state index contributed by atoms with van der Waals surface area (Å²) in [6.45, 7) is 0. The van der Waals surface area contributed by atoms with Gasteiger partial charge in [0, 0.05) is 17.0 Å². The molecule has 8 aliphatic rings. The fourth-order valence-electron chi connectivity index (χ4n) is 10.4. The summed E-state index contributed by atoms with van der Waals surface area (Å²) in [5.41, 5.74) is 3.15. The first-order chi connectivity index (χ1) is 13.5. The van der Waals surface area contributed by atoms with E-state index in [1.165, 1.54) is 88.2 Å². The maximum atomic E-state index is 11.3. The Morgan fingerprint density at radius 1 is 0.571 bits per heavy atom. The quantitative estimate of drug-likeness (QED) is 0.659. The van der Waals surface area contributed by atoms with E-state index in [-0.39, 0.29) is 16.6 Å². The van der Waals surface area contributed by atoms with Crippen molar-refractivity contribution in [3.8, 4) is 11.5 Å². The highest BCUT2D eigenvalue weighted by Gasteiger charge is 2.57. The van der Waals surface area contributed by atoms with Crippen LogP contribution >= 0.6 is 0 Å². The van der Waals surface area contributed by atoms with Crippen molar-refractivity contribution in [3.05, 3.63) is 23.3 Å². The number of phenolic OH excluding ortho intramolecular Hbond substituents is 2. The van der Waals surface area contributed by atoms with Crippen LogP contribution in [-0.4, -0.2) is 10.2 Å². The molecule has 1 aromatic carbocycles. The van der Waals surface area contributed by atoms with Gasteiger partial charge in [0.05, 0.1) is 0 Å². The molecular formula is C26H34O2. The van der Waals surface area contributed by atoms with Gasteiger partial charge < -0.3 is 10.2 Å². The van der Waals surface area contributed by atoms with Gasteiger partial charge in [0.2, 0.25) is 0 Å². The van der Waals surface area contributed by atoms with Crippen LogP contribution in [0.1, 0.15) is 88.2 Å². The van der Waals surface area contributed by atoms with Gasteiger partial charge in [-0.15, -0.1) is 0 Å². The van der Waals surface area contributed by atoms with Gasteiger partial charge in [-0.2, -0.15) is 0 Å². The molecule has 0 aliphatic heterocycles. The van der Waals surface area contributed by atoms with Gasteiger partial charge in [0.1, 0.15) is 11.5 Å². The van der Waals surface area contributed by atoms with E-state index < -0.39 is 0 Å². The highest BCUT2D eigenvalue weighted by Crippen LogP contribution is 2.67. The summed E-state index contributed by atoms with van der Waals surface area (Å²) in [5.74, 6) is 6.01. The van der Waals surface area contributed by atoms with Gasteiger partial charge in [-0.3, -0.25) is 0 Å². The minimum absolute atomic E-state index is 0.200. The van der Waals surface area contributed by atoms with E-state index in [1.807, 2.05) is 0 Å². The standard InChI is InChI=1S/C26H34O2/c27-21-7-22(25-9-15-1-16(10-25)3-17(2-15)11-25)24(23(28)8-21)26-12-18-4-19(13-26)6-20(5-18)14-26/h7-8,15-20,27-28H,1-6,9-14H2. The lowest BCUT2D eigenvalue weighted by Crippen LogP contribution is -2.52. The largest absolute Gasteiger partial charge is 0.508 e. The number of benzene rings is 1. The van der Waals surface area contributed by atoms with E-state index in [2.05, 4.69) is 6.07 Å². The van der Waals surface area contributed by atoms with Crippen LogP contribution in [0, 0.1) is 35.5 Å². The first kappa shape index (κ1) is 16.6. The lowest BCUT2D eigenvalue weighted by molar-refractivity contribution is -0.0183. The molecule has 9 rings (SSSR count). The number of phenols is 2. The third-order valence-electron chi connectivity index (χ3n) is 10.3. The molecule has 0 amide bonds. The smallest absolute Gasteiger partial charge is 0.123 e. The summed E-state index contributed by atoms with van der Waals surface area (Å²) in [7, 11) is 0. The Labute approximate surface area is 168 Å². The van der Waals surface area contributed by atoms with Crippen molar-refractivity contribution in [3.63, 3.8) is 0 Å². The van der Waals surface area contributed by atoms with Gasteiger partial charge in [-0.05, 0) is 130 Å². The summed E-state index contributed by atoms with van der Waals surface area (Å²) in [6.07, 6.45) is 16.4. The van der Waals surface area contributed by atoms with Crippen LogP contribution in [-0.2, 0) is 10.8 Å². The summed E-state index contributed by atoms with van der Waals surface area (Å²) >= 11 is 0. The highest BCUT2D eigenvalue weighted by atomic mass is 16.3. The van der Waals surface area contributed by atoms with Crippen LogP contribution in [0.4, 0.5) is 0 Å². The molecule has 0 aromatic heterocycles. The topological polar surface area (TPSA) is 40.5 Å². The molecule has 8 bridgehead atoms. The van der Waals surface area contributed by atoms with E-state index in [4.69, 9.17) is 0 Å². The normalized spacial score (nSPS) is 50.4. The van der Waals surface area contributed by atoms with Crippen molar-refractivity contribution in [2.24, 2.45) is 35.5 Å². The number of rotatable bonds is 2. The average Bonchev–Trinajstić information content (AvgIpc) is 2.58. The molecule has 28 heavy (non-hydrogen) atoms. The Kier molecular flexibility index (Phi) is 3.14. The predicted octanol–water partition coefficient (Wildman–Crippen LogP) is 6.03. The van der Waals surface area contributed by atoms with E-state index in [1.54, 1.807) is 6.07 Å². The summed E-state index contributed by atoms with van der Waals surface area (Å²) < 4.78 is 0. The average molecular weight is 379 g/mol. The first-order valence-electron chi connectivity index (χ1n) is 12.1. The molecular weight excluding hydrogens is 344 g/mol. The zero-order valence-electron chi connectivity index (χ0n) is 17.0. The van der Waals surface area contributed by atoms with Gasteiger partial charge in [0.25, 0.3) is 0 Å². The van der Waals surface area contributed by atoms with E-state index in [0.29, 0.717) is 5.75 Å². The fraction of sp³-hybridized carbons (Fsp3) is 0.769. The molecule has 0 radical (unpaired) electrons. The zero-order chi connectivity index (χ0) is 18.7. The molecule has 2 heteroatoms. The lowest BCUT2D eigenvalue weighted by atomic mass is 9.44. The monoisotopic (exact) mass is 378 g/mol. The van der Waals surface area contributed by atoms with Gasteiger partial charge in [-0.25, -0.2) is 0 Å². The van der Waals surface area contributed by atoms with Crippen molar-refractivity contribution in [2.75, 3.05) is 0 Å². The third-order valence-corrected chi connectivity index (χ3v) is 10.3. The van der Waals surface area contributed by atoms with Gasteiger partial charge in [-0.1, -0.05) is 0 Å². The van der Waals surface area contributed by atoms with Crippen LogP contribution in [0.25, 0.3) is 0 Å². The molecule has 8 saturated carbocycles. The van der Waals surface area contributed by atoms with E-state index in [9.17, 15) is 10.2 Å². The van der Waals surface area contributed by atoms with E-state index >= 15 is 0 Å². The molecule has 8 aliphatic carbocycles. The Balaban J connectivity index is 1.41. The second kappa shape index (κ2) is 5.29. The second-order valence-electron chi connectivity index (χ2n) is 12.3. The van der Waals surface area contributed by atoms with Crippen LogP contribution in [0.15, 0.2) is 12.1 Å². The Hall–Kier alpha value is -1.18. The maximum Gasteiger partial charge on any atom is 0.123 e. The van der Waals surface area contributed by atoms with Crippen molar-refractivity contribution in [2.45, 2.75) is 87.9 Å². The highest BCUT2D eigenvalue weighted by molar-refractivity contribution is 5.54. The van der Waals surface area contributed by atoms with Gasteiger partial charge >= 0.3 is 0 Å². The number of hydrogen-bond donors (Lipinski definition) is 2. The van der Waals surface area contributed by atoms with Crippen molar-refractivity contribution in [1.82, 2.24) is 0 Å². The molecule has 8 fully saturated rings. The third kappa shape index (κ3) is 2.16. The van der Waals surface area contributed by atoms with Crippen molar-refractivity contribution < 1.29 is 10.2 Å².